The Morgan fingerprint density at radius 3 is 2.39 bits per heavy atom. The van der Waals surface area contributed by atoms with E-state index in [0.717, 1.165) is 37.0 Å². The minimum Gasteiger partial charge on any atom is -0.497 e. The number of ether oxygens (including phenoxy) is 1. The zero-order chi connectivity index (χ0) is 16.4. The van der Waals surface area contributed by atoms with Gasteiger partial charge in [-0.2, -0.15) is 0 Å². The van der Waals surface area contributed by atoms with Crippen molar-refractivity contribution < 1.29 is 14.3 Å². The number of primary amides is 1. The molecule has 2 fully saturated rings. The highest BCUT2D eigenvalue weighted by Gasteiger charge is 2.46. The Hall–Kier alpha value is -2.04. The number of hydrogen-bond acceptors (Lipinski definition) is 3. The number of methoxy groups -OCH3 is 1. The van der Waals surface area contributed by atoms with Crippen molar-refractivity contribution in [1.82, 2.24) is 4.90 Å². The van der Waals surface area contributed by atoms with E-state index in [1.54, 1.807) is 7.11 Å². The van der Waals surface area contributed by atoms with Crippen LogP contribution in [-0.4, -0.2) is 36.9 Å². The standard InChI is InChI=1S/C18H24N2O3/c1-23-15-6-4-14(5-7-15)18(9-2-3-10-18)17(22)20-11-8-13(12-20)16(19)21/h4-7,13H,2-3,8-12H2,1H3,(H2,19,21)/t13-/m0/s1. The van der Waals surface area contributed by atoms with E-state index in [4.69, 9.17) is 10.5 Å². The summed E-state index contributed by atoms with van der Waals surface area (Å²) in [5, 5.41) is 0. The van der Waals surface area contributed by atoms with E-state index in [2.05, 4.69) is 0 Å². The highest BCUT2D eigenvalue weighted by Crippen LogP contribution is 2.43. The number of benzene rings is 1. The summed E-state index contributed by atoms with van der Waals surface area (Å²) in [4.78, 5) is 26.5. The van der Waals surface area contributed by atoms with Gasteiger partial charge in [0.25, 0.3) is 0 Å². The summed E-state index contributed by atoms with van der Waals surface area (Å²) < 4.78 is 5.22. The summed E-state index contributed by atoms with van der Waals surface area (Å²) in [6, 6.07) is 7.84. The lowest BCUT2D eigenvalue weighted by atomic mass is 9.77. The predicted molar refractivity (Wildman–Crippen MR) is 87.0 cm³/mol. The molecule has 1 heterocycles. The zero-order valence-corrected chi connectivity index (χ0v) is 13.6. The van der Waals surface area contributed by atoms with Gasteiger partial charge in [-0.05, 0) is 37.0 Å². The van der Waals surface area contributed by atoms with Crippen LogP contribution in [-0.2, 0) is 15.0 Å². The molecular weight excluding hydrogens is 292 g/mol. The molecule has 0 aromatic heterocycles. The van der Waals surface area contributed by atoms with Gasteiger partial charge in [-0.15, -0.1) is 0 Å². The average molecular weight is 316 g/mol. The molecule has 3 rings (SSSR count). The van der Waals surface area contributed by atoms with Crippen molar-refractivity contribution in [2.24, 2.45) is 11.7 Å². The van der Waals surface area contributed by atoms with Gasteiger partial charge in [0.2, 0.25) is 11.8 Å². The van der Waals surface area contributed by atoms with Crippen LogP contribution in [0.3, 0.4) is 0 Å². The highest BCUT2D eigenvalue weighted by atomic mass is 16.5. The number of amides is 2. The van der Waals surface area contributed by atoms with Crippen molar-refractivity contribution in [2.45, 2.75) is 37.5 Å². The minimum atomic E-state index is -0.446. The van der Waals surface area contributed by atoms with Crippen LogP contribution in [0.25, 0.3) is 0 Å². The number of likely N-dealkylation sites (tertiary alicyclic amines) is 1. The summed E-state index contributed by atoms with van der Waals surface area (Å²) in [5.41, 5.74) is 6.01. The lowest BCUT2D eigenvalue weighted by molar-refractivity contribution is -0.136. The fraction of sp³-hybridized carbons (Fsp3) is 0.556. The van der Waals surface area contributed by atoms with Crippen molar-refractivity contribution in [1.29, 1.82) is 0 Å². The number of rotatable bonds is 4. The third-order valence-electron chi connectivity index (χ3n) is 5.39. The van der Waals surface area contributed by atoms with Crippen LogP contribution in [0.2, 0.25) is 0 Å². The van der Waals surface area contributed by atoms with E-state index < -0.39 is 5.41 Å². The second-order valence-corrected chi connectivity index (χ2v) is 6.66. The van der Waals surface area contributed by atoms with Gasteiger partial charge in [0.05, 0.1) is 18.4 Å². The van der Waals surface area contributed by atoms with E-state index in [1.165, 1.54) is 0 Å². The smallest absolute Gasteiger partial charge is 0.233 e. The maximum Gasteiger partial charge on any atom is 0.233 e. The Morgan fingerprint density at radius 1 is 1.22 bits per heavy atom. The molecule has 124 valence electrons. The lowest BCUT2D eigenvalue weighted by Gasteiger charge is -2.33. The van der Waals surface area contributed by atoms with Crippen molar-refractivity contribution in [2.75, 3.05) is 20.2 Å². The molecule has 5 nitrogen and oxygen atoms in total. The van der Waals surface area contributed by atoms with Crippen molar-refractivity contribution in [3.05, 3.63) is 29.8 Å². The first kappa shape index (κ1) is 15.8. The molecule has 23 heavy (non-hydrogen) atoms. The molecular formula is C18H24N2O3. The van der Waals surface area contributed by atoms with E-state index in [0.29, 0.717) is 19.5 Å². The maximum atomic E-state index is 13.2. The third-order valence-corrected chi connectivity index (χ3v) is 5.39. The van der Waals surface area contributed by atoms with Crippen molar-refractivity contribution in [3.63, 3.8) is 0 Å². The van der Waals surface area contributed by atoms with Gasteiger partial charge in [0.1, 0.15) is 5.75 Å². The second-order valence-electron chi connectivity index (χ2n) is 6.66. The first-order chi connectivity index (χ1) is 11.1. The van der Waals surface area contributed by atoms with Gasteiger partial charge in [-0.25, -0.2) is 0 Å². The molecule has 0 unspecified atom stereocenters. The second kappa shape index (κ2) is 6.22. The van der Waals surface area contributed by atoms with Gasteiger partial charge in [0.15, 0.2) is 0 Å². The van der Waals surface area contributed by atoms with Crippen LogP contribution in [0.4, 0.5) is 0 Å². The largest absolute Gasteiger partial charge is 0.497 e. The van der Waals surface area contributed by atoms with Gasteiger partial charge < -0.3 is 15.4 Å². The molecule has 2 aliphatic rings. The van der Waals surface area contributed by atoms with Crippen LogP contribution >= 0.6 is 0 Å². The summed E-state index contributed by atoms with van der Waals surface area (Å²) in [7, 11) is 1.64. The molecule has 2 amide bonds. The number of nitrogens with zero attached hydrogens (tertiary/aromatic N) is 1. The minimum absolute atomic E-state index is 0.156. The monoisotopic (exact) mass is 316 g/mol. The van der Waals surface area contributed by atoms with E-state index in [1.807, 2.05) is 29.2 Å². The van der Waals surface area contributed by atoms with Crippen LogP contribution in [0.5, 0.6) is 5.75 Å². The molecule has 1 atom stereocenters. The first-order valence-electron chi connectivity index (χ1n) is 8.30. The van der Waals surface area contributed by atoms with Crippen LogP contribution < -0.4 is 10.5 Å². The van der Waals surface area contributed by atoms with Crippen LogP contribution in [0.15, 0.2) is 24.3 Å². The first-order valence-corrected chi connectivity index (χ1v) is 8.30. The molecule has 1 aromatic rings. The number of carbonyl (C=O) groups excluding carboxylic acids is 2. The SMILES string of the molecule is COc1ccc(C2(C(=O)N3CC[C@H](C(N)=O)C3)CCCC2)cc1. The van der Waals surface area contributed by atoms with Crippen LogP contribution in [0.1, 0.15) is 37.7 Å². The Kier molecular flexibility index (Phi) is 4.28. The van der Waals surface area contributed by atoms with Crippen LogP contribution in [0, 0.1) is 5.92 Å². The lowest BCUT2D eigenvalue weighted by Crippen LogP contribution is -2.45. The molecule has 1 aromatic carbocycles. The Bertz CT molecular complexity index is 591. The van der Waals surface area contributed by atoms with Gasteiger partial charge >= 0.3 is 0 Å². The van der Waals surface area contributed by atoms with E-state index in [9.17, 15) is 9.59 Å². The zero-order valence-electron chi connectivity index (χ0n) is 13.6. The van der Waals surface area contributed by atoms with Crippen molar-refractivity contribution in [3.8, 4) is 5.75 Å². The third kappa shape index (κ3) is 2.80. The summed E-state index contributed by atoms with van der Waals surface area (Å²) in [6.45, 7) is 1.09. The number of nitrogens with two attached hydrogens (primary N) is 1. The molecule has 5 heteroatoms. The topological polar surface area (TPSA) is 72.6 Å². The quantitative estimate of drug-likeness (QED) is 0.921. The molecule has 0 spiro atoms. The highest BCUT2D eigenvalue weighted by molar-refractivity contribution is 5.90. The maximum absolute atomic E-state index is 13.2. The predicted octanol–water partition coefficient (Wildman–Crippen LogP) is 1.84. The summed E-state index contributed by atoms with van der Waals surface area (Å²) in [5.74, 6) is 0.451. The van der Waals surface area contributed by atoms with Gasteiger partial charge in [-0.3, -0.25) is 9.59 Å². The van der Waals surface area contributed by atoms with Crippen molar-refractivity contribution >= 4 is 11.8 Å². The summed E-state index contributed by atoms with van der Waals surface area (Å²) >= 11 is 0. The van der Waals surface area contributed by atoms with Gasteiger partial charge in [0, 0.05) is 13.1 Å². The Morgan fingerprint density at radius 2 is 1.87 bits per heavy atom. The Balaban J connectivity index is 1.85. The van der Waals surface area contributed by atoms with Gasteiger partial charge in [-0.1, -0.05) is 25.0 Å². The molecule has 1 aliphatic carbocycles. The fourth-order valence-corrected chi connectivity index (χ4v) is 3.99. The number of hydrogen-bond donors (Lipinski definition) is 1. The molecule has 0 radical (unpaired) electrons. The molecule has 2 N–H and O–H groups in total. The molecule has 1 saturated heterocycles. The average Bonchev–Trinajstić information content (AvgIpc) is 3.24. The molecule has 0 bridgehead atoms. The fourth-order valence-electron chi connectivity index (χ4n) is 3.99. The normalized spacial score (nSPS) is 23.0. The van der Waals surface area contributed by atoms with E-state index in [-0.39, 0.29) is 17.7 Å². The molecule has 1 aliphatic heterocycles. The molecule has 1 saturated carbocycles. The Labute approximate surface area is 136 Å². The summed E-state index contributed by atoms with van der Waals surface area (Å²) in [6.07, 6.45) is 4.54. The number of carbonyl (C=O) groups is 2. The van der Waals surface area contributed by atoms with E-state index >= 15 is 0 Å².